The summed E-state index contributed by atoms with van der Waals surface area (Å²) >= 11 is 0. The third-order valence-electron chi connectivity index (χ3n) is 3.40. The summed E-state index contributed by atoms with van der Waals surface area (Å²) in [6.45, 7) is 13.8. The van der Waals surface area contributed by atoms with Gasteiger partial charge in [0, 0.05) is 0 Å². The first-order valence-electron chi connectivity index (χ1n) is 5.64. The Hall–Kier alpha value is -0.260. The molecule has 0 saturated heterocycles. The lowest BCUT2D eigenvalue weighted by atomic mass is 9.80. The molecule has 0 heteroatoms. The summed E-state index contributed by atoms with van der Waals surface area (Å²) in [4.78, 5) is 0. The first-order valence-corrected chi connectivity index (χ1v) is 5.64. The molecule has 0 saturated carbocycles. The summed E-state index contributed by atoms with van der Waals surface area (Å²) in [6, 6.07) is 0. The predicted molar refractivity (Wildman–Crippen MR) is 61.8 cm³/mol. The molecule has 0 nitrogen and oxygen atoms in total. The van der Waals surface area contributed by atoms with E-state index in [1.165, 1.54) is 12.8 Å². The largest absolute Gasteiger partial charge is 0.0887 e. The van der Waals surface area contributed by atoms with Crippen molar-refractivity contribution in [2.75, 3.05) is 0 Å². The van der Waals surface area contributed by atoms with Gasteiger partial charge in [-0.3, -0.25) is 0 Å². The van der Waals surface area contributed by atoms with Crippen LogP contribution in [0.5, 0.6) is 0 Å². The fraction of sp³-hybridized carbons (Fsp3) is 0.846. The van der Waals surface area contributed by atoms with Crippen LogP contribution in [-0.2, 0) is 0 Å². The molecule has 0 aliphatic rings. The molecule has 0 aromatic rings. The highest BCUT2D eigenvalue weighted by atomic mass is 14.2. The number of hydrogen-bond donors (Lipinski definition) is 0. The van der Waals surface area contributed by atoms with Gasteiger partial charge in [0.2, 0.25) is 0 Å². The van der Waals surface area contributed by atoms with Gasteiger partial charge in [-0.25, -0.2) is 0 Å². The van der Waals surface area contributed by atoms with Gasteiger partial charge in [-0.15, -0.1) is 0 Å². The van der Waals surface area contributed by atoms with Crippen LogP contribution >= 0.6 is 0 Å². The molecular weight excluding hydrogens is 156 g/mol. The summed E-state index contributed by atoms with van der Waals surface area (Å²) in [5.41, 5.74) is 1.54. The van der Waals surface area contributed by atoms with Gasteiger partial charge in [0.25, 0.3) is 0 Å². The van der Waals surface area contributed by atoms with Crippen molar-refractivity contribution >= 4 is 0 Å². The third-order valence-corrected chi connectivity index (χ3v) is 3.40. The molecule has 0 rings (SSSR count). The summed E-state index contributed by atoms with van der Waals surface area (Å²) in [5.74, 6) is 2.53. The third kappa shape index (κ3) is 4.50. The van der Waals surface area contributed by atoms with Crippen molar-refractivity contribution in [1.82, 2.24) is 0 Å². The summed E-state index contributed by atoms with van der Waals surface area (Å²) in [5, 5.41) is 0. The monoisotopic (exact) mass is 182 g/mol. The Bertz CT molecular complexity index is 153. The molecule has 0 bridgehead atoms. The Labute approximate surface area is 84.4 Å². The van der Waals surface area contributed by atoms with E-state index in [1.807, 2.05) is 0 Å². The van der Waals surface area contributed by atoms with Crippen LogP contribution in [0.25, 0.3) is 0 Å². The molecule has 0 aliphatic carbocycles. The lowest BCUT2D eigenvalue weighted by Crippen LogP contribution is -2.16. The molecule has 0 aromatic carbocycles. The second-order valence-corrected chi connectivity index (χ2v) is 4.61. The van der Waals surface area contributed by atoms with Crippen molar-refractivity contribution in [3.63, 3.8) is 0 Å². The molecule has 0 spiro atoms. The van der Waals surface area contributed by atoms with Crippen LogP contribution < -0.4 is 0 Å². The minimum Gasteiger partial charge on any atom is -0.0887 e. The first kappa shape index (κ1) is 12.7. The highest BCUT2D eigenvalue weighted by Crippen LogP contribution is 2.28. The molecule has 0 heterocycles. The quantitative estimate of drug-likeness (QED) is 0.542. The van der Waals surface area contributed by atoms with E-state index in [-0.39, 0.29) is 0 Å². The van der Waals surface area contributed by atoms with Crippen LogP contribution in [0.3, 0.4) is 0 Å². The lowest BCUT2D eigenvalue weighted by Gasteiger charge is -2.26. The Kier molecular flexibility index (Phi) is 6.11. The predicted octanol–water partition coefficient (Wildman–Crippen LogP) is 4.66. The van der Waals surface area contributed by atoms with E-state index in [2.05, 4.69) is 47.6 Å². The second kappa shape index (κ2) is 6.23. The van der Waals surface area contributed by atoms with Gasteiger partial charge in [-0.1, -0.05) is 45.8 Å². The average Bonchev–Trinajstić information content (AvgIpc) is 2.12. The molecule has 0 N–H and O–H groups in total. The van der Waals surface area contributed by atoms with Gasteiger partial charge in [-0.05, 0) is 38.0 Å². The zero-order valence-corrected chi connectivity index (χ0v) is 10.2. The van der Waals surface area contributed by atoms with Crippen molar-refractivity contribution in [3.05, 3.63) is 11.6 Å². The van der Waals surface area contributed by atoms with E-state index in [4.69, 9.17) is 0 Å². The maximum absolute atomic E-state index is 2.39. The molecular formula is C13H26. The zero-order valence-electron chi connectivity index (χ0n) is 10.2. The van der Waals surface area contributed by atoms with Gasteiger partial charge in [0.05, 0.1) is 0 Å². The van der Waals surface area contributed by atoms with Crippen LogP contribution in [-0.4, -0.2) is 0 Å². The molecule has 2 atom stereocenters. The van der Waals surface area contributed by atoms with Gasteiger partial charge in [0.1, 0.15) is 0 Å². The Balaban J connectivity index is 4.17. The Morgan fingerprint density at radius 3 is 2.08 bits per heavy atom. The van der Waals surface area contributed by atoms with Crippen molar-refractivity contribution < 1.29 is 0 Å². The normalized spacial score (nSPS) is 17.6. The second-order valence-electron chi connectivity index (χ2n) is 4.61. The van der Waals surface area contributed by atoms with Gasteiger partial charge in [-0.2, -0.15) is 0 Å². The van der Waals surface area contributed by atoms with Crippen LogP contribution in [0, 0.1) is 17.8 Å². The van der Waals surface area contributed by atoms with Crippen LogP contribution in [0.15, 0.2) is 11.6 Å². The Morgan fingerprint density at radius 1 is 1.23 bits per heavy atom. The topological polar surface area (TPSA) is 0 Å². The fourth-order valence-electron chi connectivity index (χ4n) is 1.78. The number of allylic oxidation sites excluding steroid dienone is 2. The summed E-state index contributed by atoms with van der Waals surface area (Å²) in [6.07, 6.45) is 4.84. The molecule has 2 unspecified atom stereocenters. The number of hydrogen-bond acceptors (Lipinski definition) is 0. The van der Waals surface area contributed by atoms with E-state index in [0.717, 1.165) is 17.8 Å². The van der Waals surface area contributed by atoms with Crippen molar-refractivity contribution in [2.24, 2.45) is 17.8 Å². The number of rotatable bonds is 5. The fourth-order valence-corrected chi connectivity index (χ4v) is 1.78. The zero-order chi connectivity index (χ0) is 10.4. The van der Waals surface area contributed by atoms with Crippen LogP contribution in [0.4, 0.5) is 0 Å². The Morgan fingerprint density at radius 2 is 1.77 bits per heavy atom. The average molecular weight is 182 g/mol. The van der Waals surface area contributed by atoms with Crippen molar-refractivity contribution in [3.8, 4) is 0 Å². The molecule has 0 aromatic heterocycles. The minimum absolute atomic E-state index is 0.814. The molecule has 0 aliphatic heterocycles. The molecule has 0 amide bonds. The maximum atomic E-state index is 2.39. The van der Waals surface area contributed by atoms with Crippen LogP contribution in [0.2, 0.25) is 0 Å². The van der Waals surface area contributed by atoms with Crippen LogP contribution in [0.1, 0.15) is 54.4 Å². The smallest absolute Gasteiger partial charge is 0.0292 e. The van der Waals surface area contributed by atoms with Crippen molar-refractivity contribution in [2.45, 2.75) is 54.4 Å². The SMILES string of the molecule is C/C=C(\C)CC(CC)C(C)C(C)C. The van der Waals surface area contributed by atoms with E-state index >= 15 is 0 Å². The van der Waals surface area contributed by atoms with E-state index in [0.29, 0.717) is 0 Å². The highest BCUT2D eigenvalue weighted by molar-refractivity contribution is 4.97. The minimum atomic E-state index is 0.814. The molecule has 13 heavy (non-hydrogen) atoms. The van der Waals surface area contributed by atoms with E-state index in [1.54, 1.807) is 5.57 Å². The van der Waals surface area contributed by atoms with E-state index in [9.17, 15) is 0 Å². The standard InChI is InChI=1S/C13H26/c1-7-11(5)9-13(8-2)12(6)10(3)4/h7,10,12-13H,8-9H2,1-6H3/b11-7+. The maximum Gasteiger partial charge on any atom is -0.0292 e. The lowest BCUT2D eigenvalue weighted by molar-refractivity contribution is 0.267. The summed E-state index contributed by atoms with van der Waals surface area (Å²) < 4.78 is 0. The molecule has 0 fully saturated rings. The molecule has 0 radical (unpaired) electrons. The molecule has 78 valence electrons. The van der Waals surface area contributed by atoms with Gasteiger partial charge < -0.3 is 0 Å². The van der Waals surface area contributed by atoms with E-state index < -0.39 is 0 Å². The first-order chi connectivity index (χ1) is 6.02. The van der Waals surface area contributed by atoms with Gasteiger partial charge in [0.15, 0.2) is 0 Å². The highest BCUT2D eigenvalue weighted by Gasteiger charge is 2.18. The van der Waals surface area contributed by atoms with Gasteiger partial charge >= 0.3 is 0 Å². The van der Waals surface area contributed by atoms with Crippen molar-refractivity contribution in [1.29, 1.82) is 0 Å². The summed E-state index contributed by atoms with van der Waals surface area (Å²) in [7, 11) is 0.